The standard InChI is InChI=1S/C13H17N5O3/c1-7(2)12-16-11(17-21-12)5-18-4-9-8(14-6-15-9)3-10(18)13(19)20/h6-7,10H,3-5H2,1-2H3,(H,14,15)(H,19,20)/t10-/m0/s1. The van der Waals surface area contributed by atoms with E-state index in [-0.39, 0.29) is 5.92 Å². The van der Waals surface area contributed by atoms with Crippen LogP contribution in [0.5, 0.6) is 0 Å². The highest BCUT2D eigenvalue weighted by atomic mass is 16.5. The number of nitrogens with one attached hydrogen (secondary N) is 1. The molecule has 0 unspecified atom stereocenters. The minimum absolute atomic E-state index is 0.155. The predicted octanol–water partition coefficient (Wildman–Crippen LogP) is 0.928. The summed E-state index contributed by atoms with van der Waals surface area (Å²) in [5.41, 5.74) is 1.76. The lowest BCUT2D eigenvalue weighted by Crippen LogP contribution is -2.45. The van der Waals surface area contributed by atoms with Crippen molar-refractivity contribution in [3.63, 3.8) is 0 Å². The van der Waals surface area contributed by atoms with Gasteiger partial charge in [0.2, 0.25) is 5.89 Å². The minimum Gasteiger partial charge on any atom is -0.480 e. The molecule has 2 aromatic heterocycles. The summed E-state index contributed by atoms with van der Waals surface area (Å²) >= 11 is 0. The number of fused-ring (bicyclic) bond motifs is 1. The zero-order valence-electron chi connectivity index (χ0n) is 11.9. The number of H-pyrrole nitrogens is 1. The molecule has 1 aliphatic rings. The van der Waals surface area contributed by atoms with E-state index >= 15 is 0 Å². The molecule has 3 rings (SSSR count). The molecule has 8 heteroatoms. The Morgan fingerprint density at radius 1 is 1.62 bits per heavy atom. The van der Waals surface area contributed by atoms with Crippen molar-refractivity contribution in [3.8, 4) is 0 Å². The van der Waals surface area contributed by atoms with Gasteiger partial charge in [0.1, 0.15) is 6.04 Å². The van der Waals surface area contributed by atoms with E-state index in [9.17, 15) is 9.90 Å². The van der Waals surface area contributed by atoms with Crippen molar-refractivity contribution in [2.75, 3.05) is 0 Å². The third-order valence-corrected chi connectivity index (χ3v) is 3.60. The molecule has 2 N–H and O–H groups in total. The van der Waals surface area contributed by atoms with Gasteiger partial charge in [-0.2, -0.15) is 4.98 Å². The summed E-state index contributed by atoms with van der Waals surface area (Å²) in [7, 11) is 0. The van der Waals surface area contributed by atoms with Crippen LogP contribution in [-0.4, -0.2) is 42.1 Å². The summed E-state index contributed by atoms with van der Waals surface area (Å²) in [6, 6.07) is -0.623. The molecule has 1 atom stereocenters. The first-order valence-electron chi connectivity index (χ1n) is 6.85. The molecule has 0 radical (unpaired) electrons. The number of nitrogens with zero attached hydrogens (tertiary/aromatic N) is 4. The van der Waals surface area contributed by atoms with Gasteiger partial charge in [0, 0.05) is 18.9 Å². The molecular formula is C13H17N5O3. The fourth-order valence-electron chi connectivity index (χ4n) is 2.45. The van der Waals surface area contributed by atoms with Crippen molar-refractivity contribution in [2.45, 2.75) is 45.3 Å². The first kappa shape index (κ1) is 13.7. The molecule has 112 valence electrons. The van der Waals surface area contributed by atoms with Crippen molar-refractivity contribution in [1.29, 1.82) is 0 Å². The van der Waals surface area contributed by atoms with E-state index in [1.165, 1.54) is 0 Å². The molecule has 0 saturated carbocycles. The van der Waals surface area contributed by atoms with Crippen LogP contribution in [0, 0.1) is 0 Å². The number of rotatable bonds is 4. The molecule has 0 spiro atoms. The Bertz CT molecular complexity index is 648. The van der Waals surface area contributed by atoms with E-state index < -0.39 is 12.0 Å². The first-order chi connectivity index (χ1) is 10.0. The fraction of sp³-hybridized carbons (Fsp3) is 0.538. The Kier molecular flexibility index (Phi) is 3.46. The number of hydrogen-bond donors (Lipinski definition) is 2. The third-order valence-electron chi connectivity index (χ3n) is 3.60. The van der Waals surface area contributed by atoms with Gasteiger partial charge < -0.3 is 14.6 Å². The van der Waals surface area contributed by atoms with Gasteiger partial charge in [-0.1, -0.05) is 19.0 Å². The van der Waals surface area contributed by atoms with Crippen molar-refractivity contribution >= 4 is 5.97 Å². The van der Waals surface area contributed by atoms with Gasteiger partial charge in [0.05, 0.1) is 24.3 Å². The predicted molar refractivity (Wildman–Crippen MR) is 71.3 cm³/mol. The number of imidazole rings is 1. The lowest BCUT2D eigenvalue weighted by molar-refractivity contribution is -0.144. The zero-order valence-corrected chi connectivity index (χ0v) is 11.9. The monoisotopic (exact) mass is 291 g/mol. The summed E-state index contributed by atoms with van der Waals surface area (Å²) < 4.78 is 5.16. The Morgan fingerprint density at radius 2 is 2.43 bits per heavy atom. The van der Waals surface area contributed by atoms with Crippen molar-refractivity contribution < 1.29 is 14.4 Å². The van der Waals surface area contributed by atoms with Gasteiger partial charge in [-0.25, -0.2) is 4.98 Å². The van der Waals surface area contributed by atoms with E-state index in [0.717, 1.165) is 11.4 Å². The number of aromatic nitrogens is 4. The van der Waals surface area contributed by atoms with E-state index in [1.54, 1.807) is 6.33 Å². The Hall–Kier alpha value is -2.22. The Balaban J connectivity index is 1.80. The fourth-order valence-corrected chi connectivity index (χ4v) is 2.45. The zero-order chi connectivity index (χ0) is 15.0. The van der Waals surface area contributed by atoms with Crippen molar-refractivity contribution in [1.82, 2.24) is 25.0 Å². The lowest BCUT2D eigenvalue weighted by atomic mass is 10.0. The largest absolute Gasteiger partial charge is 0.480 e. The summed E-state index contributed by atoms with van der Waals surface area (Å²) in [4.78, 5) is 24.8. The van der Waals surface area contributed by atoms with Gasteiger partial charge in [0.25, 0.3) is 0 Å². The second kappa shape index (κ2) is 5.28. The molecule has 21 heavy (non-hydrogen) atoms. The van der Waals surface area contributed by atoms with Crippen molar-refractivity contribution in [2.24, 2.45) is 0 Å². The Labute approximate surface area is 121 Å². The van der Waals surface area contributed by atoms with Crippen LogP contribution in [0.4, 0.5) is 0 Å². The number of carboxylic acid groups (broad SMARTS) is 1. The Morgan fingerprint density at radius 3 is 3.10 bits per heavy atom. The second-order valence-corrected chi connectivity index (χ2v) is 5.49. The molecule has 0 bridgehead atoms. The minimum atomic E-state index is -0.865. The summed E-state index contributed by atoms with van der Waals surface area (Å²) in [6.45, 7) is 4.76. The number of carbonyl (C=O) groups is 1. The van der Waals surface area contributed by atoms with Crippen molar-refractivity contribution in [3.05, 3.63) is 29.4 Å². The third kappa shape index (κ3) is 2.66. The van der Waals surface area contributed by atoms with Crippen LogP contribution in [0.15, 0.2) is 10.9 Å². The normalized spacial score (nSPS) is 18.9. The summed E-state index contributed by atoms with van der Waals surface area (Å²) in [5, 5.41) is 13.3. The van der Waals surface area contributed by atoms with Crippen LogP contribution in [0.1, 0.15) is 42.9 Å². The van der Waals surface area contributed by atoms with Crippen LogP contribution < -0.4 is 0 Å². The molecule has 0 amide bonds. The smallest absolute Gasteiger partial charge is 0.321 e. The molecule has 0 saturated heterocycles. The van der Waals surface area contributed by atoms with Crippen LogP contribution in [-0.2, 0) is 24.3 Å². The highest BCUT2D eigenvalue weighted by Gasteiger charge is 2.33. The SMILES string of the molecule is CC(C)c1nc(CN2Cc3[nH]cnc3C[C@H]2C(=O)O)no1. The van der Waals surface area contributed by atoms with Gasteiger partial charge in [-0.3, -0.25) is 9.69 Å². The van der Waals surface area contributed by atoms with E-state index in [2.05, 4.69) is 20.1 Å². The molecule has 8 nitrogen and oxygen atoms in total. The molecule has 1 aliphatic heterocycles. The van der Waals surface area contributed by atoms with Crippen LogP contribution in [0.25, 0.3) is 0 Å². The van der Waals surface area contributed by atoms with Gasteiger partial charge in [0.15, 0.2) is 5.82 Å². The maximum Gasteiger partial charge on any atom is 0.321 e. The van der Waals surface area contributed by atoms with Gasteiger partial charge in [-0.05, 0) is 0 Å². The molecule has 0 aliphatic carbocycles. The molecule has 3 heterocycles. The van der Waals surface area contributed by atoms with Crippen LogP contribution >= 0.6 is 0 Å². The number of aromatic amines is 1. The molecule has 0 fully saturated rings. The molecule has 2 aromatic rings. The lowest BCUT2D eigenvalue weighted by Gasteiger charge is -2.31. The average molecular weight is 291 g/mol. The van der Waals surface area contributed by atoms with Crippen LogP contribution in [0.2, 0.25) is 0 Å². The first-order valence-corrected chi connectivity index (χ1v) is 6.85. The maximum atomic E-state index is 11.5. The maximum absolute atomic E-state index is 11.5. The average Bonchev–Trinajstić information content (AvgIpc) is 3.05. The highest BCUT2D eigenvalue weighted by molar-refractivity contribution is 5.74. The van der Waals surface area contributed by atoms with Gasteiger partial charge in [-0.15, -0.1) is 0 Å². The summed E-state index contributed by atoms with van der Waals surface area (Å²) in [6.07, 6.45) is 1.97. The molecular weight excluding hydrogens is 274 g/mol. The second-order valence-electron chi connectivity index (χ2n) is 5.49. The van der Waals surface area contributed by atoms with Gasteiger partial charge >= 0.3 is 5.97 Å². The number of hydrogen-bond acceptors (Lipinski definition) is 6. The highest BCUT2D eigenvalue weighted by Crippen LogP contribution is 2.22. The topological polar surface area (TPSA) is 108 Å². The van der Waals surface area contributed by atoms with E-state index in [1.807, 2.05) is 18.7 Å². The quantitative estimate of drug-likeness (QED) is 0.862. The summed E-state index contributed by atoms with van der Waals surface area (Å²) in [5.74, 6) is 0.363. The number of aliphatic carboxylic acids is 1. The number of carboxylic acids is 1. The van der Waals surface area contributed by atoms with E-state index in [4.69, 9.17) is 4.52 Å². The molecule has 0 aromatic carbocycles. The van der Waals surface area contributed by atoms with E-state index in [0.29, 0.717) is 31.2 Å². The van der Waals surface area contributed by atoms with Crippen LogP contribution in [0.3, 0.4) is 0 Å².